The van der Waals surface area contributed by atoms with Crippen molar-refractivity contribution in [1.82, 2.24) is 15.0 Å². The topological polar surface area (TPSA) is 91.6 Å². The Labute approximate surface area is 186 Å². The Morgan fingerprint density at radius 3 is 2.78 bits per heavy atom. The molecule has 2 aromatic carbocycles. The molecular formula is C24H25N5O3. The van der Waals surface area contributed by atoms with E-state index in [4.69, 9.17) is 4.52 Å². The van der Waals surface area contributed by atoms with Crippen LogP contribution in [0.2, 0.25) is 0 Å². The first-order valence-corrected chi connectivity index (χ1v) is 10.9. The van der Waals surface area contributed by atoms with Crippen LogP contribution in [0, 0.1) is 12.8 Å². The molecule has 8 heteroatoms. The minimum Gasteiger partial charge on any atom is -0.338 e. The molecule has 0 unspecified atom stereocenters. The zero-order valence-electron chi connectivity index (χ0n) is 18.0. The normalized spacial score (nSPS) is 17.2. The summed E-state index contributed by atoms with van der Waals surface area (Å²) in [5.74, 6) is 0.932. The molecule has 0 atom stereocenters. The lowest BCUT2D eigenvalue weighted by Gasteiger charge is -2.35. The molecule has 32 heavy (non-hydrogen) atoms. The average molecular weight is 431 g/mol. The highest BCUT2D eigenvalue weighted by Crippen LogP contribution is 2.32. The monoisotopic (exact) mass is 431 g/mol. The van der Waals surface area contributed by atoms with Gasteiger partial charge in [-0.25, -0.2) is 0 Å². The molecule has 1 N–H and O–H groups in total. The van der Waals surface area contributed by atoms with Crippen LogP contribution in [0.4, 0.5) is 11.4 Å². The van der Waals surface area contributed by atoms with Crippen molar-refractivity contribution in [2.45, 2.75) is 26.3 Å². The summed E-state index contributed by atoms with van der Waals surface area (Å²) in [6, 6.07) is 15.5. The standard InChI is InChI=1S/C24H25N5O3/c1-16-5-4-6-18(13-16)23-26-22(32-27-23)15-28-11-9-17(10-12-28)24(31)29-14-21(30)25-19-7-2-3-8-20(19)29/h2-8,13,17H,9-12,14-15H2,1H3,(H,25,30). The van der Waals surface area contributed by atoms with Crippen LogP contribution < -0.4 is 10.2 Å². The van der Waals surface area contributed by atoms with Gasteiger partial charge in [0, 0.05) is 11.5 Å². The largest absolute Gasteiger partial charge is 0.338 e. The van der Waals surface area contributed by atoms with Gasteiger partial charge in [0.15, 0.2) is 0 Å². The van der Waals surface area contributed by atoms with E-state index >= 15 is 0 Å². The maximum Gasteiger partial charge on any atom is 0.244 e. The second-order valence-corrected chi connectivity index (χ2v) is 8.42. The van der Waals surface area contributed by atoms with Gasteiger partial charge in [0.05, 0.1) is 17.9 Å². The van der Waals surface area contributed by atoms with E-state index in [9.17, 15) is 9.59 Å². The van der Waals surface area contributed by atoms with E-state index in [-0.39, 0.29) is 24.3 Å². The molecule has 1 aromatic heterocycles. The van der Waals surface area contributed by atoms with Gasteiger partial charge in [-0.1, -0.05) is 41.1 Å². The molecule has 3 heterocycles. The number of hydrogen-bond acceptors (Lipinski definition) is 6. The second kappa shape index (κ2) is 8.55. The number of carbonyl (C=O) groups is 2. The summed E-state index contributed by atoms with van der Waals surface area (Å²) in [7, 11) is 0. The van der Waals surface area contributed by atoms with Crippen LogP contribution in [0.5, 0.6) is 0 Å². The van der Waals surface area contributed by atoms with Crippen molar-refractivity contribution in [2.75, 3.05) is 29.9 Å². The lowest BCUT2D eigenvalue weighted by molar-refractivity contribution is -0.126. The molecule has 0 spiro atoms. The van der Waals surface area contributed by atoms with Gasteiger partial charge in [0.25, 0.3) is 0 Å². The van der Waals surface area contributed by atoms with E-state index in [1.54, 1.807) is 4.90 Å². The van der Waals surface area contributed by atoms with Crippen molar-refractivity contribution in [1.29, 1.82) is 0 Å². The zero-order valence-corrected chi connectivity index (χ0v) is 18.0. The molecule has 164 valence electrons. The van der Waals surface area contributed by atoms with Gasteiger partial charge >= 0.3 is 0 Å². The van der Waals surface area contributed by atoms with Crippen LogP contribution in [0.3, 0.4) is 0 Å². The van der Waals surface area contributed by atoms with E-state index in [0.717, 1.165) is 42.7 Å². The van der Waals surface area contributed by atoms with Crippen LogP contribution >= 0.6 is 0 Å². The molecule has 0 saturated carbocycles. The number of aryl methyl sites for hydroxylation is 1. The van der Waals surface area contributed by atoms with Crippen molar-refractivity contribution < 1.29 is 14.1 Å². The number of fused-ring (bicyclic) bond motifs is 1. The average Bonchev–Trinajstić information content (AvgIpc) is 3.27. The fraction of sp³-hybridized carbons (Fsp3) is 0.333. The van der Waals surface area contributed by atoms with Gasteiger partial charge in [0.1, 0.15) is 6.54 Å². The van der Waals surface area contributed by atoms with Gasteiger partial charge in [-0.05, 0) is 51.1 Å². The van der Waals surface area contributed by atoms with E-state index in [2.05, 4.69) is 20.4 Å². The Kier molecular flexibility index (Phi) is 5.45. The van der Waals surface area contributed by atoms with E-state index in [1.165, 1.54) is 0 Å². The Balaban J connectivity index is 1.20. The molecular weight excluding hydrogens is 406 g/mol. The van der Waals surface area contributed by atoms with Crippen molar-refractivity contribution in [2.24, 2.45) is 5.92 Å². The third kappa shape index (κ3) is 4.13. The summed E-state index contributed by atoms with van der Waals surface area (Å²) in [4.78, 5) is 33.7. The highest BCUT2D eigenvalue weighted by molar-refractivity contribution is 6.10. The number of nitrogens with one attached hydrogen (secondary N) is 1. The summed E-state index contributed by atoms with van der Waals surface area (Å²) < 4.78 is 5.46. The Morgan fingerprint density at radius 2 is 1.97 bits per heavy atom. The van der Waals surface area contributed by atoms with Crippen molar-refractivity contribution in [3.63, 3.8) is 0 Å². The summed E-state index contributed by atoms with van der Waals surface area (Å²) in [5.41, 5.74) is 3.55. The number of aromatic nitrogens is 2. The third-order valence-electron chi connectivity index (χ3n) is 6.08. The molecule has 8 nitrogen and oxygen atoms in total. The van der Waals surface area contributed by atoms with Crippen molar-refractivity contribution >= 4 is 23.2 Å². The lowest BCUT2D eigenvalue weighted by atomic mass is 9.94. The number of likely N-dealkylation sites (tertiary alicyclic amines) is 1. The molecule has 1 saturated heterocycles. The molecule has 2 aliphatic heterocycles. The van der Waals surface area contributed by atoms with Crippen molar-refractivity contribution in [3.05, 3.63) is 60.0 Å². The predicted molar refractivity (Wildman–Crippen MR) is 120 cm³/mol. The van der Waals surface area contributed by atoms with Gasteiger partial charge in [-0.2, -0.15) is 4.98 Å². The Hall–Kier alpha value is -3.52. The summed E-state index contributed by atoms with van der Waals surface area (Å²) in [6.07, 6.45) is 1.47. The Bertz CT molecular complexity index is 1150. The summed E-state index contributed by atoms with van der Waals surface area (Å²) in [6.45, 7) is 4.19. The van der Waals surface area contributed by atoms with Crippen LogP contribution in [0.1, 0.15) is 24.3 Å². The smallest absolute Gasteiger partial charge is 0.244 e. The fourth-order valence-corrected chi connectivity index (χ4v) is 4.40. The molecule has 2 amide bonds. The second-order valence-electron chi connectivity index (χ2n) is 8.42. The number of anilines is 2. The number of rotatable bonds is 4. The number of para-hydroxylation sites is 2. The predicted octanol–water partition coefficient (Wildman–Crippen LogP) is 3.24. The number of carbonyl (C=O) groups excluding carboxylic acids is 2. The van der Waals surface area contributed by atoms with Crippen LogP contribution in [0.25, 0.3) is 11.4 Å². The highest BCUT2D eigenvalue weighted by atomic mass is 16.5. The first-order chi connectivity index (χ1) is 15.6. The number of nitrogens with zero attached hydrogens (tertiary/aromatic N) is 4. The molecule has 2 aliphatic rings. The van der Waals surface area contributed by atoms with Crippen LogP contribution in [-0.2, 0) is 16.1 Å². The molecule has 1 fully saturated rings. The molecule has 0 aliphatic carbocycles. The minimum atomic E-state index is -0.157. The molecule has 0 radical (unpaired) electrons. The number of hydrogen-bond donors (Lipinski definition) is 1. The van der Waals surface area contributed by atoms with Gasteiger partial charge in [-0.3, -0.25) is 14.5 Å². The summed E-state index contributed by atoms with van der Waals surface area (Å²) in [5, 5.41) is 6.95. The van der Waals surface area contributed by atoms with Crippen LogP contribution in [-0.4, -0.2) is 46.5 Å². The van der Waals surface area contributed by atoms with E-state index in [0.29, 0.717) is 23.9 Å². The van der Waals surface area contributed by atoms with Gasteiger partial charge in [0.2, 0.25) is 23.5 Å². The zero-order chi connectivity index (χ0) is 22.1. The van der Waals surface area contributed by atoms with Gasteiger partial charge < -0.3 is 14.7 Å². The third-order valence-corrected chi connectivity index (χ3v) is 6.08. The maximum absolute atomic E-state index is 13.2. The lowest BCUT2D eigenvalue weighted by Crippen LogP contribution is -2.47. The number of piperidine rings is 1. The molecule has 0 bridgehead atoms. The summed E-state index contributed by atoms with van der Waals surface area (Å²) >= 11 is 0. The fourth-order valence-electron chi connectivity index (χ4n) is 4.40. The van der Waals surface area contributed by atoms with Crippen molar-refractivity contribution in [3.8, 4) is 11.4 Å². The quantitative estimate of drug-likeness (QED) is 0.682. The first-order valence-electron chi connectivity index (χ1n) is 10.9. The van der Waals surface area contributed by atoms with Crippen LogP contribution in [0.15, 0.2) is 53.1 Å². The van der Waals surface area contributed by atoms with E-state index in [1.807, 2.05) is 55.5 Å². The highest BCUT2D eigenvalue weighted by Gasteiger charge is 2.33. The molecule has 5 rings (SSSR count). The Morgan fingerprint density at radius 1 is 1.16 bits per heavy atom. The molecule has 3 aromatic rings. The van der Waals surface area contributed by atoms with Gasteiger partial charge in [-0.15, -0.1) is 0 Å². The number of benzene rings is 2. The number of amides is 2. The SMILES string of the molecule is Cc1cccc(-c2noc(CN3CCC(C(=O)N4CC(=O)Nc5ccccc54)CC3)n2)c1. The van der Waals surface area contributed by atoms with E-state index < -0.39 is 0 Å². The first kappa shape index (κ1) is 20.4. The maximum atomic E-state index is 13.2. The minimum absolute atomic E-state index is 0.0199.